The van der Waals surface area contributed by atoms with Crippen molar-refractivity contribution in [1.29, 1.82) is 0 Å². The van der Waals surface area contributed by atoms with Gasteiger partial charge < -0.3 is 10.4 Å². The van der Waals surface area contributed by atoms with Crippen molar-refractivity contribution in [1.82, 2.24) is 5.32 Å². The van der Waals surface area contributed by atoms with Gasteiger partial charge in [-0.25, -0.2) is 0 Å². The van der Waals surface area contributed by atoms with Gasteiger partial charge >= 0.3 is 5.97 Å². The summed E-state index contributed by atoms with van der Waals surface area (Å²) in [6.07, 6.45) is 6.41. The van der Waals surface area contributed by atoms with Crippen LogP contribution in [0.25, 0.3) is 0 Å². The van der Waals surface area contributed by atoms with Crippen molar-refractivity contribution in [3.05, 3.63) is 0 Å². The van der Waals surface area contributed by atoms with Gasteiger partial charge in [-0.3, -0.25) is 9.59 Å². The van der Waals surface area contributed by atoms with Crippen LogP contribution in [0, 0.1) is 17.3 Å². The zero-order chi connectivity index (χ0) is 16.0. The zero-order valence-corrected chi connectivity index (χ0v) is 13.9. The molecule has 21 heavy (non-hydrogen) atoms. The minimum absolute atomic E-state index is 0.106. The third-order valence-corrected chi connectivity index (χ3v) is 5.34. The monoisotopic (exact) mass is 297 g/mol. The molecule has 0 spiro atoms. The van der Waals surface area contributed by atoms with Crippen LogP contribution in [-0.4, -0.2) is 23.0 Å². The Bertz CT molecular complexity index is 365. The lowest BCUT2D eigenvalue weighted by Gasteiger charge is -2.46. The van der Waals surface area contributed by atoms with E-state index in [-0.39, 0.29) is 29.2 Å². The van der Waals surface area contributed by atoms with Crippen molar-refractivity contribution in [2.45, 2.75) is 78.7 Å². The SMILES string of the molecule is CCCCCCC(=O)NC1CCC(C(=O)O)C(C)(C)C1C. The highest BCUT2D eigenvalue weighted by Gasteiger charge is 2.46. The number of hydrogen-bond donors (Lipinski definition) is 2. The Balaban J connectivity index is 2.50. The third-order valence-electron chi connectivity index (χ3n) is 5.34. The van der Waals surface area contributed by atoms with E-state index in [9.17, 15) is 14.7 Å². The largest absolute Gasteiger partial charge is 0.481 e. The van der Waals surface area contributed by atoms with Gasteiger partial charge in [-0.05, 0) is 30.6 Å². The minimum atomic E-state index is -0.712. The molecule has 2 N–H and O–H groups in total. The van der Waals surface area contributed by atoms with Crippen molar-refractivity contribution >= 4 is 11.9 Å². The molecular weight excluding hydrogens is 266 g/mol. The number of carboxylic acid groups (broad SMARTS) is 1. The summed E-state index contributed by atoms with van der Waals surface area (Å²) in [7, 11) is 0. The Morgan fingerprint density at radius 1 is 1.19 bits per heavy atom. The molecule has 0 bridgehead atoms. The number of hydrogen-bond acceptors (Lipinski definition) is 2. The summed E-state index contributed by atoms with van der Waals surface area (Å²) in [5.74, 6) is -0.735. The van der Waals surface area contributed by atoms with E-state index in [1.807, 2.05) is 13.8 Å². The summed E-state index contributed by atoms with van der Waals surface area (Å²) in [6.45, 7) is 8.24. The lowest BCUT2D eigenvalue weighted by Crippen LogP contribution is -2.52. The van der Waals surface area contributed by atoms with E-state index in [1.165, 1.54) is 12.8 Å². The van der Waals surface area contributed by atoms with Gasteiger partial charge in [0.2, 0.25) is 5.91 Å². The Kier molecular flexibility index (Phi) is 6.69. The first-order valence-electron chi connectivity index (χ1n) is 8.32. The van der Waals surface area contributed by atoms with Crippen LogP contribution in [-0.2, 0) is 9.59 Å². The molecule has 0 heterocycles. The van der Waals surface area contributed by atoms with Crippen molar-refractivity contribution in [2.75, 3.05) is 0 Å². The fourth-order valence-electron chi connectivity index (χ4n) is 3.43. The fourth-order valence-corrected chi connectivity index (χ4v) is 3.43. The number of carbonyl (C=O) groups excluding carboxylic acids is 1. The van der Waals surface area contributed by atoms with E-state index in [2.05, 4.69) is 19.2 Å². The molecule has 1 aliphatic rings. The molecule has 122 valence electrons. The molecule has 3 atom stereocenters. The minimum Gasteiger partial charge on any atom is -0.481 e. The maximum atomic E-state index is 12.0. The van der Waals surface area contributed by atoms with Gasteiger partial charge in [0.25, 0.3) is 0 Å². The second kappa shape index (κ2) is 7.81. The second-order valence-corrected chi connectivity index (χ2v) is 7.06. The van der Waals surface area contributed by atoms with Crippen LogP contribution in [0.15, 0.2) is 0 Å². The molecule has 4 heteroatoms. The van der Waals surface area contributed by atoms with Crippen LogP contribution in [0.4, 0.5) is 0 Å². The highest BCUT2D eigenvalue weighted by atomic mass is 16.4. The van der Waals surface area contributed by atoms with Crippen LogP contribution >= 0.6 is 0 Å². The molecule has 1 aliphatic carbocycles. The molecule has 1 amide bonds. The van der Waals surface area contributed by atoms with E-state index in [0.717, 1.165) is 19.3 Å². The van der Waals surface area contributed by atoms with Crippen molar-refractivity contribution in [3.63, 3.8) is 0 Å². The van der Waals surface area contributed by atoms with Crippen molar-refractivity contribution < 1.29 is 14.7 Å². The van der Waals surface area contributed by atoms with Crippen molar-refractivity contribution in [2.24, 2.45) is 17.3 Å². The second-order valence-electron chi connectivity index (χ2n) is 7.06. The molecule has 0 aliphatic heterocycles. The summed E-state index contributed by atoms with van der Waals surface area (Å²) in [6, 6.07) is 0.106. The number of carbonyl (C=O) groups is 2. The maximum Gasteiger partial charge on any atom is 0.307 e. The summed E-state index contributed by atoms with van der Waals surface area (Å²) in [4.78, 5) is 23.4. The van der Waals surface area contributed by atoms with Gasteiger partial charge in [0.15, 0.2) is 0 Å². The van der Waals surface area contributed by atoms with Crippen LogP contribution in [0.2, 0.25) is 0 Å². The average Bonchev–Trinajstić information content (AvgIpc) is 2.40. The highest BCUT2D eigenvalue weighted by molar-refractivity contribution is 5.76. The summed E-state index contributed by atoms with van der Waals surface area (Å²) < 4.78 is 0. The molecule has 1 rings (SSSR count). The first-order valence-corrected chi connectivity index (χ1v) is 8.32. The summed E-state index contributed by atoms with van der Waals surface area (Å²) >= 11 is 0. The van der Waals surface area contributed by atoms with E-state index in [4.69, 9.17) is 0 Å². The smallest absolute Gasteiger partial charge is 0.307 e. The molecule has 0 aromatic rings. The summed E-state index contributed by atoms with van der Waals surface area (Å²) in [5.41, 5.74) is -0.287. The Morgan fingerprint density at radius 2 is 1.86 bits per heavy atom. The molecular formula is C17H31NO3. The molecule has 1 fully saturated rings. The van der Waals surface area contributed by atoms with Gasteiger partial charge in [-0.15, -0.1) is 0 Å². The third kappa shape index (κ3) is 4.72. The van der Waals surface area contributed by atoms with E-state index in [1.54, 1.807) is 0 Å². The van der Waals surface area contributed by atoms with E-state index < -0.39 is 5.97 Å². The Hall–Kier alpha value is -1.06. The van der Waals surface area contributed by atoms with Crippen molar-refractivity contribution in [3.8, 4) is 0 Å². The van der Waals surface area contributed by atoms with E-state index >= 15 is 0 Å². The van der Waals surface area contributed by atoms with Crippen LogP contribution in [0.1, 0.15) is 72.6 Å². The standard InChI is InChI=1S/C17H31NO3/c1-5-6-7-8-9-15(19)18-14-11-10-13(16(20)21)17(3,4)12(14)2/h12-14H,5-11H2,1-4H3,(H,18,19)(H,20,21). The molecule has 0 aromatic heterocycles. The first-order chi connectivity index (χ1) is 9.80. The molecule has 3 unspecified atom stereocenters. The Labute approximate surface area is 128 Å². The van der Waals surface area contributed by atoms with Gasteiger partial charge in [-0.2, -0.15) is 0 Å². The first kappa shape index (κ1) is 18.0. The number of nitrogens with one attached hydrogen (secondary N) is 1. The number of amides is 1. The lowest BCUT2D eigenvalue weighted by molar-refractivity contribution is -0.150. The number of aliphatic carboxylic acids is 1. The molecule has 4 nitrogen and oxygen atoms in total. The van der Waals surface area contributed by atoms with Gasteiger partial charge in [0, 0.05) is 12.5 Å². The van der Waals surface area contributed by atoms with Gasteiger partial charge in [0.05, 0.1) is 5.92 Å². The van der Waals surface area contributed by atoms with Crippen LogP contribution in [0.3, 0.4) is 0 Å². The van der Waals surface area contributed by atoms with E-state index in [0.29, 0.717) is 12.8 Å². The lowest BCUT2D eigenvalue weighted by atomic mass is 9.61. The topological polar surface area (TPSA) is 66.4 Å². The molecule has 0 aromatic carbocycles. The molecule has 1 saturated carbocycles. The predicted molar refractivity (Wildman–Crippen MR) is 84.0 cm³/mol. The zero-order valence-electron chi connectivity index (χ0n) is 13.9. The number of unbranched alkanes of at least 4 members (excludes halogenated alkanes) is 3. The van der Waals surface area contributed by atoms with Crippen LogP contribution in [0.5, 0.6) is 0 Å². The Morgan fingerprint density at radius 3 is 2.43 bits per heavy atom. The quantitative estimate of drug-likeness (QED) is 0.706. The molecule has 0 radical (unpaired) electrons. The molecule has 0 saturated heterocycles. The fraction of sp³-hybridized carbons (Fsp3) is 0.882. The maximum absolute atomic E-state index is 12.0. The number of rotatable bonds is 7. The van der Waals surface area contributed by atoms with Crippen LogP contribution < -0.4 is 5.32 Å². The highest BCUT2D eigenvalue weighted by Crippen LogP contribution is 2.45. The van der Waals surface area contributed by atoms with Gasteiger partial charge in [-0.1, -0.05) is 47.0 Å². The summed E-state index contributed by atoms with van der Waals surface area (Å²) in [5, 5.41) is 12.5. The predicted octanol–water partition coefficient (Wildman–Crippen LogP) is 3.60. The normalized spacial score (nSPS) is 28.1. The van der Waals surface area contributed by atoms with Gasteiger partial charge in [0.1, 0.15) is 0 Å². The average molecular weight is 297 g/mol. The number of carboxylic acids is 1.